The fourth-order valence-corrected chi connectivity index (χ4v) is 12.9. The topological polar surface area (TPSA) is 51.8 Å². The molecule has 0 N–H and O–H groups in total. The van der Waals surface area contributed by atoms with Crippen LogP contribution in [0.5, 0.6) is 0 Å². The highest BCUT2D eigenvalue weighted by Gasteiger charge is 2.51. The smallest absolute Gasteiger partial charge is 0.167 e. The maximum absolute atomic E-state index is 6.56. The van der Waals surface area contributed by atoms with Gasteiger partial charge in [-0.2, -0.15) is 0 Å². The third kappa shape index (κ3) is 5.59. The number of nitrogens with zero attached hydrogens (tertiary/aromatic N) is 3. The SMILES string of the molecule is c1ccc(-c2cc(-c3ccc(C45CC6CC(CC(C6)C4)C5)cc3)cc(-c3nc(-c4ccc5c(c4)sc4ccccc45)nc(-c4cccc5c4oc4ccccc45)n3)c2)cc1. The van der Waals surface area contributed by atoms with Gasteiger partial charge < -0.3 is 4.42 Å². The monoisotopic (exact) mass is 791 g/mol. The summed E-state index contributed by atoms with van der Waals surface area (Å²) in [6.45, 7) is 0. The van der Waals surface area contributed by atoms with Crippen molar-refractivity contribution in [1.82, 2.24) is 15.0 Å². The fourth-order valence-electron chi connectivity index (χ4n) is 11.7. The molecule has 4 nitrogen and oxygen atoms in total. The zero-order valence-electron chi connectivity index (χ0n) is 33.1. The summed E-state index contributed by atoms with van der Waals surface area (Å²) in [5.41, 5.74) is 10.9. The molecule has 0 amide bonds. The Morgan fingerprint density at radius 1 is 0.433 bits per heavy atom. The van der Waals surface area contributed by atoms with Crippen molar-refractivity contribution in [2.45, 2.75) is 43.9 Å². The van der Waals surface area contributed by atoms with Crippen molar-refractivity contribution >= 4 is 53.4 Å². The van der Waals surface area contributed by atoms with Crippen LogP contribution in [0.3, 0.4) is 0 Å². The molecule has 0 unspecified atom stereocenters. The summed E-state index contributed by atoms with van der Waals surface area (Å²) in [5.74, 6) is 4.60. The Morgan fingerprint density at radius 2 is 1.02 bits per heavy atom. The molecule has 4 fully saturated rings. The van der Waals surface area contributed by atoms with Crippen LogP contribution in [0.2, 0.25) is 0 Å². The van der Waals surface area contributed by atoms with Crippen LogP contribution < -0.4 is 0 Å². The van der Waals surface area contributed by atoms with E-state index in [9.17, 15) is 0 Å². The lowest BCUT2D eigenvalue weighted by Crippen LogP contribution is -2.48. The largest absolute Gasteiger partial charge is 0.455 e. The summed E-state index contributed by atoms with van der Waals surface area (Å²) >= 11 is 1.81. The van der Waals surface area contributed by atoms with Gasteiger partial charge in [0.2, 0.25) is 0 Å². The van der Waals surface area contributed by atoms with E-state index < -0.39 is 0 Å². The van der Waals surface area contributed by atoms with Gasteiger partial charge in [-0.05, 0) is 132 Å². The van der Waals surface area contributed by atoms with Crippen LogP contribution in [0.4, 0.5) is 0 Å². The zero-order chi connectivity index (χ0) is 39.4. The standard InChI is InChI=1S/C55H41N3OS/c1-2-9-36(10-3-1)39-26-40(37-17-20-42(21-18-37)55-30-33-23-34(31-55)25-35(24-33)32-55)28-41(27-39)53-56-52(38-19-22-45-44-12-5-7-16-49(44)60-50(45)29-38)57-54(58-53)47-14-8-13-46-43-11-4-6-15-48(43)59-51(46)47/h1-22,26-29,33-35H,23-25,30-32H2. The number of fused-ring (bicyclic) bond motifs is 6. The molecule has 0 spiro atoms. The van der Waals surface area contributed by atoms with E-state index in [1.165, 1.54) is 64.3 Å². The van der Waals surface area contributed by atoms with E-state index in [1.54, 1.807) is 16.9 Å². The first-order valence-corrected chi connectivity index (χ1v) is 22.3. The van der Waals surface area contributed by atoms with Crippen LogP contribution >= 0.6 is 11.3 Å². The number of thiophene rings is 1. The number of para-hydroxylation sites is 2. The lowest BCUT2D eigenvalue weighted by Gasteiger charge is -2.57. The molecule has 60 heavy (non-hydrogen) atoms. The highest BCUT2D eigenvalue weighted by Crippen LogP contribution is 2.60. The Hall–Kier alpha value is -6.43. The highest BCUT2D eigenvalue weighted by molar-refractivity contribution is 7.25. The fraction of sp³-hybridized carbons (Fsp3) is 0.182. The molecule has 4 aliphatic rings. The Labute approximate surface area is 352 Å². The lowest BCUT2D eigenvalue weighted by molar-refractivity contribution is -0.00518. The summed E-state index contributed by atoms with van der Waals surface area (Å²) in [4.78, 5) is 15.9. The van der Waals surface area contributed by atoms with Gasteiger partial charge in [0.1, 0.15) is 11.2 Å². The van der Waals surface area contributed by atoms with Gasteiger partial charge in [-0.3, -0.25) is 0 Å². The van der Waals surface area contributed by atoms with E-state index in [0.29, 0.717) is 22.9 Å². The Bertz CT molecular complexity index is 3270. The van der Waals surface area contributed by atoms with Crippen molar-refractivity contribution < 1.29 is 4.42 Å². The summed E-state index contributed by atoms with van der Waals surface area (Å²) in [7, 11) is 0. The van der Waals surface area contributed by atoms with Crippen molar-refractivity contribution in [2.24, 2.45) is 17.8 Å². The highest BCUT2D eigenvalue weighted by atomic mass is 32.1. The number of hydrogen-bond donors (Lipinski definition) is 0. The lowest BCUT2D eigenvalue weighted by atomic mass is 9.48. The molecule has 4 saturated carbocycles. The van der Waals surface area contributed by atoms with Crippen LogP contribution in [0.1, 0.15) is 44.1 Å². The number of benzene rings is 7. The van der Waals surface area contributed by atoms with Gasteiger partial charge in [-0.1, -0.05) is 115 Å². The summed E-state index contributed by atoms with van der Waals surface area (Å²) < 4.78 is 9.04. The molecule has 288 valence electrons. The van der Waals surface area contributed by atoms with Gasteiger partial charge >= 0.3 is 0 Å². The normalized spacial score (nSPS) is 20.8. The minimum absolute atomic E-state index is 0.365. The maximum atomic E-state index is 6.56. The molecule has 0 saturated heterocycles. The van der Waals surface area contributed by atoms with Gasteiger partial charge in [0.15, 0.2) is 17.5 Å². The number of aromatic nitrogens is 3. The number of hydrogen-bond acceptors (Lipinski definition) is 5. The molecule has 5 heteroatoms. The van der Waals surface area contributed by atoms with Crippen molar-refractivity contribution in [3.63, 3.8) is 0 Å². The molecule has 10 aromatic rings. The molecule has 0 radical (unpaired) electrons. The van der Waals surface area contributed by atoms with E-state index in [0.717, 1.165) is 73.1 Å². The maximum Gasteiger partial charge on any atom is 0.167 e. The van der Waals surface area contributed by atoms with Gasteiger partial charge in [0.25, 0.3) is 0 Å². The average Bonchev–Trinajstić information content (AvgIpc) is 3.87. The third-order valence-electron chi connectivity index (χ3n) is 14.1. The molecule has 0 aliphatic heterocycles. The molecule has 4 aliphatic carbocycles. The molecule has 7 aromatic carbocycles. The molecule has 4 bridgehead atoms. The van der Waals surface area contributed by atoms with E-state index in [2.05, 4.69) is 146 Å². The van der Waals surface area contributed by atoms with E-state index in [4.69, 9.17) is 19.4 Å². The Balaban J connectivity index is 0.987. The molecule has 14 rings (SSSR count). The second-order valence-electron chi connectivity index (χ2n) is 17.8. The molecular formula is C55H41N3OS. The second-order valence-corrected chi connectivity index (χ2v) is 18.9. The average molecular weight is 792 g/mol. The van der Waals surface area contributed by atoms with Crippen LogP contribution in [0.25, 0.3) is 98.5 Å². The van der Waals surface area contributed by atoms with Crippen molar-refractivity contribution in [3.05, 3.63) is 163 Å². The van der Waals surface area contributed by atoms with Crippen LogP contribution in [0, 0.1) is 17.8 Å². The molecule has 0 atom stereocenters. The second kappa shape index (κ2) is 13.3. The van der Waals surface area contributed by atoms with Crippen molar-refractivity contribution in [3.8, 4) is 56.4 Å². The predicted octanol–water partition coefficient (Wildman–Crippen LogP) is 14.9. The molecular weight excluding hydrogens is 751 g/mol. The Morgan fingerprint density at radius 3 is 1.78 bits per heavy atom. The minimum atomic E-state index is 0.365. The summed E-state index contributed by atoms with van der Waals surface area (Å²) in [5, 5.41) is 4.64. The summed E-state index contributed by atoms with van der Waals surface area (Å²) in [6.07, 6.45) is 8.48. The van der Waals surface area contributed by atoms with Crippen molar-refractivity contribution in [1.29, 1.82) is 0 Å². The van der Waals surface area contributed by atoms with Crippen LogP contribution in [-0.4, -0.2) is 15.0 Å². The van der Waals surface area contributed by atoms with Gasteiger partial charge in [-0.15, -0.1) is 11.3 Å². The number of rotatable bonds is 6. The molecule has 3 heterocycles. The number of furan rings is 1. The van der Waals surface area contributed by atoms with Gasteiger partial charge in [-0.25, -0.2) is 15.0 Å². The Kier molecular flexibility index (Phi) is 7.63. The van der Waals surface area contributed by atoms with E-state index in [-0.39, 0.29) is 0 Å². The quantitative estimate of drug-likeness (QED) is 0.168. The zero-order valence-corrected chi connectivity index (χ0v) is 34.0. The first kappa shape index (κ1) is 34.4. The van der Waals surface area contributed by atoms with Gasteiger partial charge in [0, 0.05) is 42.1 Å². The van der Waals surface area contributed by atoms with E-state index >= 15 is 0 Å². The molecule has 3 aromatic heterocycles. The predicted molar refractivity (Wildman–Crippen MR) is 247 cm³/mol. The van der Waals surface area contributed by atoms with Crippen molar-refractivity contribution in [2.75, 3.05) is 0 Å². The first-order chi connectivity index (χ1) is 29.6. The van der Waals surface area contributed by atoms with Crippen LogP contribution in [0.15, 0.2) is 162 Å². The third-order valence-corrected chi connectivity index (χ3v) is 15.2. The summed E-state index contributed by atoms with van der Waals surface area (Å²) in [6, 6.07) is 56.9. The first-order valence-electron chi connectivity index (χ1n) is 21.5. The van der Waals surface area contributed by atoms with Gasteiger partial charge in [0.05, 0.1) is 5.56 Å². The minimum Gasteiger partial charge on any atom is -0.455 e. The van der Waals surface area contributed by atoms with Crippen LogP contribution in [-0.2, 0) is 5.41 Å². The van der Waals surface area contributed by atoms with E-state index in [1.807, 2.05) is 12.1 Å².